The van der Waals surface area contributed by atoms with Gasteiger partial charge in [0, 0.05) is 26.3 Å². The molecule has 1 aliphatic heterocycles. The van der Waals surface area contributed by atoms with Gasteiger partial charge in [-0.2, -0.15) is 0 Å². The highest BCUT2D eigenvalue weighted by Crippen LogP contribution is 2.44. The smallest absolute Gasteiger partial charge is 0.308 e. The molecule has 1 amide bonds. The summed E-state index contributed by atoms with van der Waals surface area (Å²) in [4.78, 5) is 25.9. The predicted molar refractivity (Wildman–Crippen MR) is 74.3 cm³/mol. The molecule has 0 bridgehead atoms. The van der Waals surface area contributed by atoms with E-state index in [-0.39, 0.29) is 17.4 Å². The molecule has 5 nitrogen and oxygen atoms in total. The van der Waals surface area contributed by atoms with Gasteiger partial charge in [-0.1, -0.05) is 12.8 Å². The Balaban J connectivity index is 2.10. The molecule has 0 spiro atoms. The fourth-order valence-corrected chi connectivity index (χ4v) is 3.78. The zero-order chi connectivity index (χ0) is 14.8. The van der Waals surface area contributed by atoms with Crippen molar-refractivity contribution >= 4 is 11.9 Å². The first kappa shape index (κ1) is 15.3. The summed E-state index contributed by atoms with van der Waals surface area (Å²) in [6.07, 6.45) is 5.32. The van der Waals surface area contributed by atoms with Crippen molar-refractivity contribution in [3.63, 3.8) is 0 Å². The van der Waals surface area contributed by atoms with Crippen molar-refractivity contribution in [2.24, 2.45) is 11.3 Å². The molecule has 1 heterocycles. The first-order valence-corrected chi connectivity index (χ1v) is 7.55. The zero-order valence-corrected chi connectivity index (χ0v) is 12.4. The highest BCUT2D eigenvalue weighted by atomic mass is 16.5. The first-order valence-electron chi connectivity index (χ1n) is 7.55. The van der Waals surface area contributed by atoms with Gasteiger partial charge in [0.1, 0.15) is 0 Å². The first-order chi connectivity index (χ1) is 9.52. The van der Waals surface area contributed by atoms with E-state index >= 15 is 0 Å². The van der Waals surface area contributed by atoms with Crippen LogP contribution < -0.4 is 0 Å². The summed E-state index contributed by atoms with van der Waals surface area (Å²) in [6.45, 7) is 3.03. The molecule has 1 saturated carbocycles. The lowest BCUT2D eigenvalue weighted by atomic mass is 9.81. The van der Waals surface area contributed by atoms with E-state index < -0.39 is 11.9 Å². The maximum Gasteiger partial charge on any atom is 0.308 e. The van der Waals surface area contributed by atoms with Crippen LogP contribution in [-0.4, -0.2) is 48.2 Å². The average molecular weight is 283 g/mol. The Bertz CT molecular complexity index is 376. The van der Waals surface area contributed by atoms with Gasteiger partial charge >= 0.3 is 5.97 Å². The van der Waals surface area contributed by atoms with Crippen LogP contribution in [0.3, 0.4) is 0 Å². The van der Waals surface area contributed by atoms with Crippen LogP contribution in [0.2, 0.25) is 0 Å². The van der Waals surface area contributed by atoms with E-state index in [1.54, 1.807) is 12.0 Å². The summed E-state index contributed by atoms with van der Waals surface area (Å²) in [5.74, 6) is -1.05. The molecule has 1 aliphatic carbocycles. The summed E-state index contributed by atoms with van der Waals surface area (Å²) < 4.78 is 5.16. The van der Waals surface area contributed by atoms with E-state index in [1.807, 2.05) is 6.92 Å². The minimum atomic E-state index is -0.787. The van der Waals surface area contributed by atoms with Crippen LogP contribution in [0, 0.1) is 11.3 Å². The minimum Gasteiger partial charge on any atom is -0.481 e. The number of hydrogen-bond acceptors (Lipinski definition) is 3. The SMILES string of the molecule is COCCC1(C(=O)N2CCC(C(=O)O)C2C)CCCC1. The molecular weight excluding hydrogens is 258 g/mol. The molecule has 5 heteroatoms. The molecule has 1 saturated heterocycles. The van der Waals surface area contributed by atoms with Gasteiger partial charge in [0.2, 0.25) is 5.91 Å². The molecule has 2 fully saturated rings. The number of likely N-dealkylation sites (tertiary alicyclic amines) is 1. The Morgan fingerprint density at radius 3 is 2.50 bits per heavy atom. The third-order valence-electron chi connectivity index (χ3n) is 5.13. The zero-order valence-electron chi connectivity index (χ0n) is 12.4. The van der Waals surface area contributed by atoms with Crippen LogP contribution in [0.1, 0.15) is 45.4 Å². The second-order valence-corrected chi connectivity index (χ2v) is 6.20. The maximum absolute atomic E-state index is 12.9. The van der Waals surface area contributed by atoms with Crippen molar-refractivity contribution < 1.29 is 19.4 Å². The number of carbonyl (C=O) groups excluding carboxylic acids is 1. The van der Waals surface area contributed by atoms with E-state index in [2.05, 4.69) is 0 Å². The Kier molecular flexibility index (Phi) is 4.68. The lowest BCUT2D eigenvalue weighted by molar-refractivity contribution is -0.146. The molecular formula is C15H25NO4. The topological polar surface area (TPSA) is 66.8 Å². The number of aliphatic carboxylic acids is 1. The molecule has 2 unspecified atom stereocenters. The summed E-state index contributed by atoms with van der Waals surface area (Å²) in [6, 6.07) is -0.194. The Morgan fingerprint density at radius 1 is 1.35 bits per heavy atom. The lowest BCUT2D eigenvalue weighted by Crippen LogP contribution is -2.46. The summed E-state index contributed by atoms with van der Waals surface area (Å²) >= 11 is 0. The van der Waals surface area contributed by atoms with Crippen LogP contribution >= 0.6 is 0 Å². The van der Waals surface area contributed by atoms with Crippen molar-refractivity contribution in [3.8, 4) is 0 Å². The fraction of sp³-hybridized carbons (Fsp3) is 0.867. The van der Waals surface area contributed by atoms with Gasteiger partial charge in [0.25, 0.3) is 0 Å². The van der Waals surface area contributed by atoms with Gasteiger partial charge < -0.3 is 14.7 Å². The number of hydrogen-bond donors (Lipinski definition) is 1. The second-order valence-electron chi connectivity index (χ2n) is 6.20. The van der Waals surface area contributed by atoms with Crippen molar-refractivity contribution in [3.05, 3.63) is 0 Å². The number of rotatable bonds is 5. The number of amides is 1. The Hall–Kier alpha value is -1.10. The summed E-state index contributed by atoms with van der Waals surface area (Å²) in [5.41, 5.74) is -0.308. The van der Waals surface area contributed by atoms with Gasteiger partial charge in [-0.15, -0.1) is 0 Å². The molecule has 0 aromatic rings. The number of ether oxygens (including phenoxy) is 1. The number of carboxylic acid groups (broad SMARTS) is 1. The van der Waals surface area contributed by atoms with Crippen LogP contribution in [0.4, 0.5) is 0 Å². The van der Waals surface area contributed by atoms with Crippen LogP contribution in [0.15, 0.2) is 0 Å². The van der Waals surface area contributed by atoms with E-state index in [0.29, 0.717) is 19.6 Å². The number of nitrogens with zero attached hydrogens (tertiary/aromatic N) is 1. The van der Waals surface area contributed by atoms with E-state index in [0.717, 1.165) is 32.1 Å². The van der Waals surface area contributed by atoms with E-state index in [9.17, 15) is 14.7 Å². The maximum atomic E-state index is 12.9. The molecule has 2 atom stereocenters. The molecule has 1 N–H and O–H groups in total. The monoisotopic (exact) mass is 283 g/mol. The quantitative estimate of drug-likeness (QED) is 0.837. The molecule has 20 heavy (non-hydrogen) atoms. The Morgan fingerprint density at radius 2 is 2.00 bits per heavy atom. The predicted octanol–water partition coefficient (Wildman–Crippen LogP) is 1.90. The third kappa shape index (κ3) is 2.68. The van der Waals surface area contributed by atoms with Gasteiger partial charge in [0.15, 0.2) is 0 Å². The highest BCUT2D eigenvalue weighted by molar-refractivity contribution is 5.85. The molecule has 2 rings (SSSR count). The standard InChI is InChI=1S/C15H25NO4/c1-11-12(13(17)18)5-9-16(11)14(19)15(8-10-20-2)6-3-4-7-15/h11-12H,3-10H2,1-2H3,(H,17,18). The van der Waals surface area contributed by atoms with Crippen molar-refractivity contribution in [2.45, 2.75) is 51.5 Å². The second kappa shape index (κ2) is 6.12. The normalized spacial score (nSPS) is 28.8. The molecule has 114 valence electrons. The van der Waals surface area contributed by atoms with E-state index in [1.165, 1.54) is 0 Å². The average Bonchev–Trinajstić information content (AvgIpc) is 3.03. The molecule has 0 aromatic heterocycles. The molecule has 0 radical (unpaired) electrons. The number of carboxylic acids is 1. The van der Waals surface area contributed by atoms with Crippen molar-refractivity contribution in [1.29, 1.82) is 0 Å². The van der Waals surface area contributed by atoms with Crippen LogP contribution in [0.25, 0.3) is 0 Å². The highest BCUT2D eigenvalue weighted by Gasteiger charge is 2.47. The van der Waals surface area contributed by atoms with Crippen LogP contribution in [0.5, 0.6) is 0 Å². The minimum absolute atomic E-state index is 0.156. The molecule has 0 aromatic carbocycles. The Labute approximate surface area is 120 Å². The van der Waals surface area contributed by atoms with Gasteiger partial charge in [0.05, 0.1) is 11.3 Å². The largest absolute Gasteiger partial charge is 0.481 e. The van der Waals surface area contributed by atoms with Gasteiger partial charge in [-0.25, -0.2) is 0 Å². The summed E-state index contributed by atoms with van der Waals surface area (Å²) in [7, 11) is 1.66. The van der Waals surface area contributed by atoms with Crippen molar-refractivity contribution in [1.82, 2.24) is 4.90 Å². The lowest BCUT2D eigenvalue weighted by Gasteiger charge is -2.35. The molecule has 2 aliphatic rings. The number of carbonyl (C=O) groups is 2. The van der Waals surface area contributed by atoms with E-state index in [4.69, 9.17) is 4.74 Å². The number of methoxy groups -OCH3 is 1. The van der Waals surface area contributed by atoms with Crippen LogP contribution in [-0.2, 0) is 14.3 Å². The third-order valence-corrected chi connectivity index (χ3v) is 5.13. The summed E-state index contributed by atoms with van der Waals surface area (Å²) in [5, 5.41) is 9.20. The van der Waals surface area contributed by atoms with Crippen molar-refractivity contribution in [2.75, 3.05) is 20.3 Å². The van der Waals surface area contributed by atoms with Gasteiger partial charge in [-0.05, 0) is 32.6 Å². The fourth-order valence-electron chi connectivity index (χ4n) is 3.78. The van der Waals surface area contributed by atoms with Gasteiger partial charge in [-0.3, -0.25) is 9.59 Å².